The van der Waals surface area contributed by atoms with Gasteiger partial charge in [-0.05, 0) is 41.3 Å². The predicted octanol–water partition coefficient (Wildman–Crippen LogP) is 4.40. The van der Waals surface area contributed by atoms with E-state index in [0.29, 0.717) is 0 Å². The molecule has 1 atom stereocenters. The molecule has 0 aliphatic heterocycles. The molecule has 2 nitrogen and oxygen atoms in total. The monoisotopic (exact) mass is 326 g/mol. The number of aromatic nitrogens is 2. The van der Waals surface area contributed by atoms with E-state index in [0.717, 1.165) is 23.0 Å². The molecule has 1 unspecified atom stereocenters. The van der Waals surface area contributed by atoms with E-state index in [1.54, 1.807) is 0 Å². The van der Waals surface area contributed by atoms with Crippen LogP contribution in [0.3, 0.4) is 0 Å². The molecule has 96 valence electrons. The SMILES string of the molecule is Cc1nn(C)c(CCC(Cl)c2ccccc2)c1Br. The number of aryl methyl sites for hydroxylation is 2. The van der Waals surface area contributed by atoms with Crippen molar-refractivity contribution in [3.8, 4) is 0 Å². The van der Waals surface area contributed by atoms with Crippen molar-refractivity contribution in [2.24, 2.45) is 7.05 Å². The summed E-state index contributed by atoms with van der Waals surface area (Å²) >= 11 is 10.0. The Labute approximate surface area is 121 Å². The van der Waals surface area contributed by atoms with Gasteiger partial charge in [0.1, 0.15) is 0 Å². The lowest BCUT2D eigenvalue weighted by Gasteiger charge is -2.10. The van der Waals surface area contributed by atoms with Crippen LogP contribution in [0.4, 0.5) is 0 Å². The Kier molecular flexibility index (Phi) is 4.46. The van der Waals surface area contributed by atoms with E-state index in [4.69, 9.17) is 11.6 Å². The van der Waals surface area contributed by atoms with E-state index in [-0.39, 0.29) is 5.38 Å². The Morgan fingerprint density at radius 3 is 2.56 bits per heavy atom. The number of hydrogen-bond donors (Lipinski definition) is 0. The van der Waals surface area contributed by atoms with Crippen molar-refractivity contribution >= 4 is 27.5 Å². The van der Waals surface area contributed by atoms with Crippen LogP contribution in [0.25, 0.3) is 0 Å². The lowest BCUT2D eigenvalue weighted by molar-refractivity contribution is 0.671. The van der Waals surface area contributed by atoms with Crippen molar-refractivity contribution < 1.29 is 0 Å². The van der Waals surface area contributed by atoms with E-state index in [1.165, 1.54) is 11.3 Å². The highest BCUT2D eigenvalue weighted by atomic mass is 79.9. The van der Waals surface area contributed by atoms with Crippen LogP contribution in [-0.2, 0) is 13.5 Å². The molecule has 1 aromatic heterocycles. The van der Waals surface area contributed by atoms with E-state index >= 15 is 0 Å². The van der Waals surface area contributed by atoms with Gasteiger partial charge in [0.15, 0.2) is 0 Å². The van der Waals surface area contributed by atoms with E-state index in [2.05, 4.69) is 33.2 Å². The summed E-state index contributed by atoms with van der Waals surface area (Å²) in [6, 6.07) is 10.2. The molecule has 0 fully saturated rings. The maximum absolute atomic E-state index is 6.42. The zero-order valence-corrected chi connectivity index (χ0v) is 12.9. The molecule has 2 aromatic rings. The minimum absolute atomic E-state index is 0.0494. The average molecular weight is 328 g/mol. The molecule has 0 bridgehead atoms. The van der Waals surface area contributed by atoms with Gasteiger partial charge in [-0.25, -0.2) is 0 Å². The topological polar surface area (TPSA) is 17.8 Å². The third-order valence-electron chi connectivity index (χ3n) is 3.06. The zero-order chi connectivity index (χ0) is 13.1. The second-order valence-electron chi connectivity index (χ2n) is 4.39. The molecule has 2 rings (SSSR count). The highest BCUT2D eigenvalue weighted by Gasteiger charge is 2.13. The minimum atomic E-state index is 0.0494. The van der Waals surface area contributed by atoms with Gasteiger partial charge in [-0.15, -0.1) is 11.6 Å². The maximum Gasteiger partial charge on any atom is 0.0738 e. The summed E-state index contributed by atoms with van der Waals surface area (Å²) in [6.45, 7) is 2.00. The number of nitrogens with zero attached hydrogens (tertiary/aromatic N) is 2. The summed E-state index contributed by atoms with van der Waals surface area (Å²) in [5.41, 5.74) is 3.40. The quantitative estimate of drug-likeness (QED) is 0.761. The van der Waals surface area contributed by atoms with Gasteiger partial charge in [0.2, 0.25) is 0 Å². The molecular formula is C14H16BrClN2. The lowest BCUT2D eigenvalue weighted by Crippen LogP contribution is -2.01. The van der Waals surface area contributed by atoms with Crippen LogP contribution < -0.4 is 0 Å². The summed E-state index contributed by atoms with van der Waals surface area (Å²) in [4.78, 5) is 0. The summed E-state index contributed by atoms with van der Waals surface area (Å²) in [7, 11) is 1.97. The van der Waals surface area contributed by atoms with Crippen LogP contribution in [0.15, 0.2) is 34.8 Å². The molecule has 0 aliphatic carbocycles. The Hall–Kier alpha value is -0.800. The fourth-order valence-electron chi connectivity index (χ4n) is 2.04. The molecule has 1 heterocycles. The van der Waals surface area contributed by atoms with Crippen LogP contribution >= 0.6 is 27.5 Å². The highest BCUT2D eigenvalue weighted by Crippen LogP contribution is 2.28. The molecule has 0 saturated heterocycles. The Bertz CT molecular complexity index is 522. The van der Waals surface area contributed by atoms with Crippen LogP contribution in [0.1, 0.15) is 28.7 Å². The number of halogens is 2. The fourth-order valence-corrected chi connectivity index (χ4v) is 2.83. The first-order chi connectivity index (χ1) is 8.59. The van der Waals surface area contributed by atoms with Crippen molar-refractivity contribution in [1.29, 1.82) is 0 Å². The Balaban J connectivity index is 2.04. The van der Waals surface area contributed by atoms with Crippen LogP contribution in [0.2, 0.25) is 0 Å². The second-order valence-corrected chi connectivity index (χ2v) is 5.71. The Morgan fingerprint density at radius 1 is 1.33 bits per heavy atom. The van der Waals surface area contributed by atoms with Gasteiger partial charge in [-0.2, -0.15) is 5.10 Å². The van der Waals surface area contributed by atoms with Gasteiger partial charge in [-0.1, -0.05) is 30.3 Å². The van der Waals surface area contributed by atoms with Crippen LogP contribution in [0.5, 0.6) is 0 Å². The number of alkyl halides is 1. The average Bonchev–Trinajstić information content (AvgIpc) is 2.62. The van der Waals surface area contributed by atoms with Gasteiger partial charge in [0, 0.05) is 7.05 Å². The smallest absolute Gasteiger partial charge is 0.0738 e. The van der Waals surface area contributed by atoms with E-state index < -0.39 is 0 Å². The summed E-state index contributed by atoms with van der Waals surface area (Å²) < 4.78 is 3.02. The predicted molar refractivity (Wildman–Crippen MR) is 79.0 cm³/mol. The van der Waals surface area contributed by atoms with E-state index in [9.17, 15) is 0 Å². The molecule has 0 radical (unpaired) electrons. The van der Waals surface area contributed by atoms with Gasteiger partial charge in [0.25, 0.3) is 0 Å². The van der Waals surface area contributed by atoms with Crippen LogP contribution in [0, 0.1) is 6.92 Å². The summed E-state index contributed by atoms with van der Waals surface area (Å²) in [5, 5.41) is 4.44. The van der Waals surface area contributed by atoms with E-state index in [1.807, 2.05) is 36.9 Å². The molecule has 1 aromatic carbocycles. The minimum Gasteiger partial charge on any atom is -0.271 e. The van der Waals surface area contributed by atoms with Gasteiger partial charge >= 0.3 is 0 Å². The van der Waals surface area contributed by atoms with Crippen molar-refractivity contribution in [3.63, 3.8) is 0 Å². The third-order valence-corrected chi connectivity index (χ3v) is 4.56. The molecule has 0 amide bonds. The Morgan fingerprint density at radius 2 is 2.00 bits per heavy atom. The molecule has 0 spiro atoms. The number of hydrogen-bond acceptors (Lipinski definition) is 1. The summed E-state index contributed by atoms with van der Waals surface area (Å²) in [6.07, 6.45) is 1.82. The normalized spacial score (nSPS) is 12.7. The third kappa shape index (κ3) is 2.96. The highest BCUT2D eigenvalue weighted by molar-refractivity contribution is 9.10. The van der Waals surface area contributed by atoms with Crippen molar-refractivity contribution in [2.75, 3.05) is 0 Å². The van der Waals surface area contributed by atoms with Crippen molar-refractivity contribution in [2.45, 2.75) is 25.1 Å². The van der Waals surface area contributed by atoms with Gasteiger partial charge in [-0.3, -0.25) is 4.68 Å². The zero-order valence-electron chi connectivity index (χ0n) is 10.5. The lowest BCUT2D eigenvalue weighted by atomic mass is 10.1. The van der Waals surface area contributed by atoms with Crippen molar-refractivity contribution in [1.82, 2.24) is 9.78 Å². The maximum atomic E-state index is 6.42. The number of benzene rings is 1. The van der Waals surface area contributed by atoms with Gasteiger partial charge < -0.3 is 0 Å². The molecule has 0 saturated carbocycles. The first-order valence-electron chi connectivity index (χ1n) is 5.96. The molecule has 0 N–H and O–H groups in total. The molecule has 18 heavy (non-hydrogen) atoms. The standard InChI is InChI=1S/C14H16BrClN2/c1-10-14(15)13(18(2)17-10)9-8-12(16)11-6-4-3-5-7-11/h3-7,12H,8-9H2,1-2H3. The van der Waals surface area contributed by atoms with Crippen LogP contribution in [-0.4, -0.2) is 9.78 Å². The molecular weight excluding hydrogens is 312 g/mol. The molecule has 0 aliphatic rings. The number of rotatable bonds is 4. The first kappa shape index (κ1) is 13.6. The second kappa shape index (κ2) is 5.89. The molecule has 4 heteroatoms. The largest absolute Gasteiger partial charge is 0.271 e. The van der Waals surface area contributed by atoms with Gasteiger partial charge in [0.05, 0.1) is 21.2 Å². The first-order valence-corrected chi connectivity index (χ1v) is 7.19. The summed E-state index contributed by atoms with van der Waals surface area (Å²) in [5.74, 6) is 0. The van der Waals surface area contributed by atoms with Crippen molar-refractivity contribution in [3.05, 3.63) is 51.8 Å². The fraction of sp³-hybridized carbons (Fsp3) is 0.357.